The molecule has 1 N–H and O–H groups in total. The fourth-order valence-corrected chi connectivity index (χ4v) is 4.36. The van der Waals surface area contributed by atoms with E-state index in [-0.39, 0.29) is 0 Å². The van der Waals surface area contributed by atoms with E-state index in [4.69, 9.17) is 11.6 Å². The Kier molecular flexibility index (Phi) is 4.10. The monoisotopic (exact) mass is 307 g/mol. The number of hydrogen-bond donors (Lipinski definition) is 1. The molecule has 1 heterocycles. The molecular weight excluding hydrogens is 294 g/mol. The predicted molar refractivity (Wildman–Crippen MR) is 70.8 cm³/mol. The Balaban J connectivity index is 2.18. The van der Waals surface area contributed by atoms with Crippen molar-refractivity contribution in [1.29, 1.82) is 0 Å². The molecule has 4 heteroatoms. The maximum atomic E-state index is 6.08. The summed E-state index contributed by atoms with van der Waals surface area (Å²) >= 11 is 11.2. The van der Waals surface area contributed by atoms with Gasteiger partial charge in [-0.25, -0.2) is 0 Å². The predicted octanol–water partition coefficient (Wildman–Crippen LogP) is 4.61. The molecule has 1 aromatic heterocycles. The van der Waals surface area contributed by atoms with Crippen LogP contribution in [0.3, 0.4) is 0 Å². The molecule has 0 aliphatic heterocycles. The second kappa shape index (κ2) is 5.17. The minimum Gasteiger partial charge on any atom is -0.312 e. The first kappa shape index (κ1) is 11.9. The van der Waals surface area contributed by atoms with Crippen LogP contribution in [0.5, 0.6) is 0 Å². The zero-order valence-electron chi connectivity index (χ0n) is 8.72. The summed E-state index contributed by atoms with van der Waals surface area (Å²) in [5.74, 6) is 0.789. The van der Waals surface area contributed by atoms with Gasteiger partial charge in [-0.15, -0.1) is 11.3 Å². The molecule has 1 unspecified atom stereocenters. The zero-order valence-corrected chi connectivity index (χ0v) is 11.9. The number of hydrogen-bond acceptors (Lipinski definition) is 2. The molecule has 0 saturated heterocycles. The van der Waals surface area contributed by atoms with Crippen molar-refractivity contribution in [2.24, 2.45) is 5.92 Å². The van der Waals surface area contributed by atoms with Crippen molar-refractivity contribution in [3.8, 4) is 0 Å². The van der Waals surface area contributed by atoms with Crippen molar-refractivity contribution in [3.63, 3.8) is 0 Å². The van der Waals surface area contributed by atoms with Crippen LogP contribution in [0.15, 0.2) is 10.5 Å². The molecule has 84 valence electrons. The van der Waals surface area contributed by atoms with Gasteiger partial charge in [-0.05, 0) is 47.8 Å². The Hall–Kier alpha value is 0.430. The van der Waals surface area contributed by atoms with Crippen LogP contribution in [-0.4, -0.2) is 7.05 Å². The van der Waals surface area contributed by atoms with Crippen LogP contribution in [0.2, 0.25) is 4.34 Å². The van der Waals surface area contributed by atoms with Gasteiger partial charge in [0.25, 0.3) is 0 Å². The average Bonchev–Trinajstić information content (AvgIpc) is 2.80. The highest BCUT2D eigenvalue weighted by atomic mass is 79.9. The highest BCUT2D eigenvalue weighted by molar-refractivity contribution is 9.10. The van der Waals surface area contributed by atoms with Gasteiger partial charge in [-0.2, -0.15) is 0 Å². The van der Waals surface area contributed by atoms with E-state index in [1.54, 1.807) is 11.3 Å². The Morgan fingerprint density at radius 3 is 2.67 bits per heavy atom. The molecule has 1 aliphatic rings. The second-order valence-corrected chi connectivity index (χ2v) is 6.62. The third-order valence-corrected chi connectivity index (χ3v) is 5.71. The third-order valence-electron chi connectivity index (χ3n) is 3.15. The van der Waals surface area contributed by atoms with Gasteiger partial charge in [-0.1, -0.05) is 24.4 Å². The van der Waals surface area contributed by atoms with Gasteiger partial charge in [0.1, 0.15) is 4.34 Å². The Bertz CT molecular complexity index is 314. The zero-order chi connectivity index (χ0) is 10.8. The molecule has 2 rings (SSSR count). The molecule has 1 fully saturated rings. The van der Waals surface area contributed by atoms with Gasteiger partial charge in [-0.3, -0.25) is 0 Å². The van der Waals surface area contributed by atoms with E-state index in [0.29, 0.717) is 6.04 Å². The second-order valence-electron chi connectivity index (χ2n) is 4.08. The third kappa shape index (κ3) is 2.57. The van der Waals surface area contributed by atoms with Crippen LogP contribution in [0, 0.1) is 5.92 Å². The molecule has 0 spiro atoms. The van der Waals surface area contributed by atoms with Crippen molar-refractivity contribution < 1.29 is 0 Å². The largest absolute Gasteiger partial charge is 0.312 e. The van der Waals surface area contributed by atoms with Crippen molar-refractivity contribution >= 4 is 38.9 Å². The van der Waals surface area contributed by atoms with Gasteiger partial charge in [0.2, 0.25) is 0 Å². The summed E-state index contributed by atoms with van der Waals surface area (Å²) in [7, 11) is 2.05. The molecule has 1 atom stereocenters. The quantitative estimate of drug-likeness (QED) is 0.859. The molecule has 1 aromatic rings. The number of nitrogens with one attached hydrogen (secondary N) is 1. The highest BCUT2D eigenvalue weighted by Crippen LogP contribution is 2.41. The van der Waals surface area contributed by atoms with Crippen LogP contribution in [0.25, 0.3) is 0 Å². The van der Waals surface area contributed by atoms with Crippen molar-refractivity contribution in [1.82, 2.24) is 5.32 Å². The van der Waals surface area contributed by atoms with Crippen LogP contribution < -0.4 is 5.32 Å². The van der Waals surface area contributed by atoms with Crippen LogP contribution in [0.4, 0.5) is 0 Å². The lowest BCUT2D eigenvalue weighted by Crippen LogP contribution is -2.22. The summed E-state index contributed by atoms with van der Waals surface area (Å²) in [6.45, 7) is 0. The number of rotatable bonds is 3. The van der Waals surface area contributed by atoms with Crippen LogP contribution >= 0.6 is 38.9 Å². The standard InChI is InChI=1S/C11H15BrClNS/c1-14-10(7-4-2-3-5-7)9-6-8(12)11(13)15-9/h6-7,10,14H,2-5H2,1H3. The van der Waals surface area contributed by atoms with E-state index < -0.39 is 0 Å². The first-order chi connectivity index (χ1) is 7.22. The lowest BCUT2D eigenvalue weighted by atomic mass is 9.97. The summed E-state index contributed by atoms with van der Waals surface area (Å²) in [6.07, 6.45) is 5.45. The smallest absolute Gasteiger partial charge is 0.107 e. The number of halogens is 2. The summed E-state index contributed by atoms with van der Waals surface area (Å²) in [6, 6.07) is 2.65. The molecular formula is C11H15BrClNS. The molecule has 1 saturated carbocycles. The molecule has 0 aromatic carbocycles. The Morgan fingerprint density at radius 1 is 1.53 bits per heavy atom. The van der Waals surface area contributed by atoms with E-state index in [1.165, 1.54) is 30.6 Å². The van der Waals surface area contributed by atoms with Crippen molar-refractivity contribution in [2.75, 3.05) is 7.05 Å². The van der Waals surface area contributed by atoms with Crippen LogP contribution in [0.1, 0.15) is 36.6 Å². The maximum Gasteiger partial charge on any atom is 0.107 e. The SMILES string of the molecule is CNC(c1cc(Br)c(Cl)s1)C1CCCC1. The lowest BCUT2D eigenvalue weighted by molar-refractivity contribution is 0.395. The number of thiophene rings is 1. The van der Waals surface area contributed by atoms with E-state index in [9.17, 15) is 0 Å². The molecule has 15 heavy (non-hydrogen) atoms. The van der Waals surface area contributed by atoms with Crippen LogP contribution in [-0.2, 0) is 0 Å². The van der Waals surface area contributed by atoms with E-state index >= 15 is 0 Å². The van der Waals surface area contributed by atoms with Gasteiger partial charge in [0.15, 0.2) is 0 Å². The molecule has 0 radical (unpaired) electrons. The fraction of sp³-hybridized carbons (Fsp3) is 0.636. The topological polar surface area (TPSA) is 12.0 Å². The minimum absolute atomic E-state index is 0.487. The minimum atomic E-state index is 0.487. The first-order valence-electron chi connectivity index (χ1n) is 5.34. The van der Waals surface area contributed by atoms with Crippen molar-refractivity contribution in [2.45, 2.75) is 31.7 Å². The van der Waals surface area contributed by atoms with E-state index in [2.05, 4.69) is 27.3 Å². The van der Waals surface area contributed by atoms with Gasteiger partial charge in [0, 0.05) is 15.4 Å². The first-order valence-corrected chi connectivity index (χ1v) is 7.33. The van der Waals surface area contributed by atoms with Gasteiger partial charge in [0.05, 0.1) is 0 Å². The molecule has 1 aliphatic carbocycles. The van der Waals surface area contributed by atoms with Gasteiger partial charge >= 0.3 is 0 Å². The lowest BCUT2D eigenvalue weighted by Gasteiger charge is -2.21. The summed E-state index contributed by atoms with van der Waals surface area (Å²) in [5, 5.41) is 3.43. The van der Waals surface area contributed by atoms with E-state index in [0.717, 1.165) is 14.7 Å². The average molecular weight is 309 g/mol. The summed E-state index contributed by atoms with van der Waals surface area (Å²) in [4.78, 5) is 1.36. The fourth-order valence-electron chi connectivity index (χ4n) is 2.42. The molecule has 0 bridgehead atoms. The highest BCUT2D eigenvalue weighted by Gasteiger charge is 2.26. The molecule has 0 amide bonds. The summed E-state index contributed by atoms with van der Waals surface area (Å²) < 4.78 is 1.89. The Morgan fingerprint density at radius 2 is 2.20 bits per heavy atom. The molecule has 1 nitrogen and oxygen atoms in total. The normalized spacial score (nSPS) is 19.7. The maximum absolute atomic E-state index is 6.08. The Labute approximate surface area is 108 Å². The van der Waals surface area contributed by atoms with Crippen molar-refractivity contribution in [3.05, 3.63) is 19.8 Å². The summed E-state index contributed by atoms with van der Waals surface area (Å²) in [5.41, 5.74) is 0. The van der Waals surface area contributed by atoms with Gasteiger partial charge < -0.3 is 5.32 Å². The van der Waals surface area contributed by atoms with E-state index in [1.807, 2.05) is 7.05 Å².